The van der Waals surface area contributed by atoms with Gasteiger partial charge in [0.1, 0.15) is 29.8 Å². The van der Waals surface area contributed by atoms with Crippen LogP contribution in [0.3, 0.4) is 0 Å². The number of benzene rings is 8. The fraction of sp³-hybridized carbons (Fsp3) is 0.0847. The number of ether oxygens (including phenoxy) is 1. The summed E-state index contributed by atoms with van der Waals surface area (Å²) in [6, 6.07) is 71.1. The number of anilines is 2. The second kappa shape index (κ2) is 15.2. The molecular formula is C59H45N5O. The molecule has 8 aromatic carbocycles. The zero-order valence-electron chi connectivity index (χ0n) is 36.5. The first-order valence-corrected chi connectivity index (χ1v) is 22.3. The fourth-order valence-corrected chi connectivity index (χ4v) is 9.69. The molecule has 0 bridgehead atoms. The van der Waals surface area contributed by atoms with E-state index in [9.17, 15) is 0 Å². The van der Waals surface area contributed by atoms with Gasteiger partial charge in [0.05, 0.1) is 27.8 Å². The van der Waals surface area contributed by atoms with Crippen molar-refractivity contribution in [3.8, 4) is 62.1 Å². The van der Waals surface area contributed by atoms with Crippen molar-refractivity contribution in [2.24, 2.45) is 0 Å². The average molecular weight is 840 g/mol. The molecule has 0 saturated carbocycles. The van der Waals surface area contributed by atoms with Crippen molar-refractivity contribution in [2.45, 2.75) is 32.9 Å². The van der Waals surface area contributed by atoms with Gasteiger partial charge in [-0.25, -0.2) is 9.97 Å². The highest BCUT2D eigenvalue weighted by molar-refractivity contribution is 6.09. The van der Waals surface area contributed by atoms with E-state index in [1.54, 1.807) is 0 Å². The van der Waals surface area contributed by atoms with E-state index in [0.29, 0.717) is 6.67 Å². The monoisotopic (exact) mass is 839 g/mol. The Bertz CT molecular complexity index is 3540. The van der Waals surface area contributed by atoms with Crippen LogP contribution in [0.15, 0.2) is 206 Å². The van der Waals surface area contributed by atoms with Crippen molar-refractivity contribution >= 4 is 44.2 Å². The first kappa shape index (κ1) is 38.5. The first-order chi connectivity index (χ1) is 31.9. The van der Waals surface area contributed by atoms with Gasteiger partial charge in [-0.2, -0.15) is 0 Å². The van der Waals surface area contributed by atoms with E-state index in [2.05, 4.69) is 235 Å². The summed E-state index contributed by atoms with van der Waals surface area (Å²) >= 11 is 0. The molecule has 12 rings (SSSR count). The molecule has 1 aliphatic heterocycles. The Kier molecular flexibility index (Phi) is 9.02. The third kappa shape index (κ3) is 6.65. The van der Waals surface area contributed by atoms with Crippen molar-refractivity contribution in [1.82, 2.24) is 19.1 Å². The topological polar surface area (TPSA) is 48.1 Å². The lowest BCUT2D eigenvalue weighted by Gasteiger charge is -2.33. The molecule has 0 unspecified atom stereocenters. The molecule has 0 spiro atoms. The SMILES string of the molecule is CC(C)(C)c1ccnc(-n2c3ccccc3c3ccc(Oc4cc(-c5c(-c6ccccc6)cccc5-c5ccccc5)cc(N5Cn6c(nc7ccccc76)-c6ccccc65)c4)cc32)c1. The quantitative estimate of drug-likeness (QED) is 0.160. The Labute approximate surface area is 378 Å². The van der Waals surface area contributed by atoms with Crippen LogP contribution < -0.4 is 9.64 Å². The molecule has 3 aromatic heterocycles. The number of aromatic nitrogens is 4. The van der Waals surface area contributed by atoms with Crippen LogP contribution in [0.25, 0.3) is 83.4 Å². The van der Waals surface area contributed by atoms with E-state index in [1.807, 2.05) is 6.20 Å². The van der Waals surface area contributed by atoms with Crippen LogP contribution >= 0.6 is 0 Å². The number of pyridine rings is 1. The van der Waals surface area contributed by atoms with Crippen molar-refractivity contribution in [2.75, 3.05) is 4.90 Å². The van der Waals surface area contributed by atoms with Gasteiger partial charge in [0, 0.05) is 40.4 Å². The lowest BCUT2D eigenvalue weighted by molar-refractivity contribution is 0.483. The summed E-state index contributed by atoms with van der Waals surface area (Å²) in [7, 11) is 0. The number of hydrogen-bond donors (Lipinski definition) is 0. The van der Waals surface area contributed by atoms with E-state index in [0.717, 1.165) is 101 Å². The van der Waals surface area contributed by atoms with E-state index in [-0.39, 0.29) is 5.41 Å². The van der Waals surface area contributed by atoms with E-state index in [4.69, 9.17) is 14.7 Å². The predicted molar refractivity (Wildman–Crippen MR) is 267 cm³/mol. The third-order valence-electron chi connectivity index (χ3n) is 12.8. The summed E-state index contributed by atoms with van der Waals surface area (Å²) in [5.74, 6) is 3.31. The molecule has 312 valence electrons. The third-order valence-corrected chi connectivity index (χ3v) is 12.8. The molecule has 6 nitrogen and oxygen atoms in total. The number of para-hydroxylation sites is 4. The Hall–Kier alpha value is -8.22. The molecular weight excluding hydrogens is 795 g/mol. The van der Waals surface area contributed by atoms with Crippen LogP contribution in [0, 0.1) is 0 Å². The highest BCUT2D eigenvalue weighted by Crippen LogP contribution is 2.47. The Balaban J connectivity index is 1.08. The summed E-state index contributed by atoms with van der Waals surface area (Å²) in [4.78, 5) is 12.5. The van der Waals surface area contributed by atoms with E-state index >= 15 is 0 Å². The summed E-state index contributed by atoms with van der Waals surface area (Å²) in [5, 5.41) is 2.31. The molecule has 6 heteroatoms. The van der Waals surface area contributed by atoms with Crippen LogP contribution in [0.2, 0.25) is 0 Å². The van der Waals surface area contributed by atoms with Crippen LogP contribution in [0.1, 0.15) is 26.3 Å². The average Bonchev–Trinajstić information content (AvgIpc) is 3.89. The number of fused-ring (bicyclic) bond motifs is 8. The first-order valence-electron chi connectivity index (χ1n) is 22.3. The zero-order chi connectivity index (χ0) is 43.6. The van der Waals surface area contributed by atoms with Crippen LogP contribution in [0.4, 0.5) is 11.4 Å². The highest BCUT2D eigenvalue weighted by atomic mass is 16.5. The maximum Gasteiger partial charge on any atom is 0.144 e. The molecule has 65 heavy (non-hydrogen) atoms. The van der Waals surface area contributed by atoms with Gasteiger partial charge in [0.15, 0.2) is 0 Å². The largest absolute Gasteiger partial charge is 0.457 e. The maximum atomic E-state index is 7.17. The normalized spacial score (nSPS) is 12.4. The molecule has 0 amide bonds. The zero-order valence-corrected chi connectivity index (χ0v) is 36.5. The summed E-state index contributed by atoms with van der Waals surface area (Å²) in [5.41, 5.74) is 15.4. The second-order valence-electron chi connectivity index (χ2n) is 17.9. The van der Waals surface area contributed by atoms with Gasteiger partial charge in [-0.3, -0.25) is 4.57 Å². The second-order valence-corrected chi connectivity index (χ2v) is 17.9. The minimum atomic E-state index is -0.0334. The molecule has 1 aliphatic rings. The minimum absolute atomic E-state index is 0.0334. The molecule has 0 fully saturated rings. The summed E-state index contributed by atoms with van der Waals surface area (Å²) in [6.45, 7) is 7.31. The molecule has 0 saturated heterocycles. The smallest absolute Gasteiger partial charge is 0.144 e. The minimum Gasteiger partial charge on any atom is -0.457 e. The number of nitrogens with zero attached hydrogens (tertiary/aromatic N) is 5. The lowest BCUT2D eigenvalue weighted by atomic mass is 9.87. The highest BCUT2D eigenvalue weighted by Gasteiger charge is 2.28. The van der Waals surface area contributed by atoms with Crippen LogP contribution in [-0.4, -0.2) is 19.1 Å². The molecule has 4 heterocycles. The van der Waals surface area contributed by atoms with Gasteiger partial charge in [-0.15, -0.1) is 0 Å². The van der Waals surface area contributed by atoms with Crippen molar-refractivity contribution in [3.05, 3.63) is 212 Å². The standard InChI is InChI=1S/C59H45N5O/c1-59(2,3)42-31-32-60-56(35-42)64-53-27-14-10-21-48(53)49-30-29-44(37-55(49)64)65-45-34-41(57-46(39-17-6-4-7-18-39)23-16-24-47(57)40-19-8-5-9-20-40)33-43(36-45)62-38-63-54-28-15-12-25-51(54)61-58(63)50-22-11-13-26-52(50)62/h4-37H,38H2,1-3H3. The summed E-state index contributed by atoms with van der Waals surface area (Å²) < 4.78 is 11.8. The molecule has 0 atom stereocenters. The van der Waals surface area contributed by atoms with Gasteiger partial charge in [-0.05, 0) is 111 Å². The number of imidazole rings is 1. The van der Waals surface area contributed by atoms with Gasteiger partial charge in [0.25, 0.3) is 0 Å². The van der Waals surface area contributed by atoms with Crippen molar-refractivity contribution < 1.29 is 4.74 Å². The maximum absolute atomic E-state index is 7.17. The van der Waals surface area contributed by atoms with Gasteiger partial charge in [0.2, 0.25) is 0 Å². The molecule has 0 aliphatic carbocycles. The van der Waals surface area contributed by atoms with Crippen molar-refractivity contribution in [1.29, 1.82) is 0 Å². The van der Waals surface area contributed by atoms with Gasteiger partial charge in [-0.1, -0.05) is 142 Å². The lowest BCUT2D eigenvalue weighted by Crippen LogP contribution is -2.26. The Morgan fingerprint density at radius 1 is 0.508 bits per heavy atom. The number of hydrogen-bond acceptors (Lipinski definition) is 4. The van der Waals surface area contributed by atoms with E-state index in [1.165, 1.54) is 10.9 Å². The van der Waals surface area contributed by atoms with Crippen molar-refractivity contribution in [3.63, 3.8) is 0 Å². The number of rotatable bonds is 7. The Morgan fingerprint density at radius 2 is 1.17 bits per heavy atom. The van der Waals surface area contributed by atoms with Gasteiger partial charge >= 0.3 is 0 Å². The molecule has 11 aromatic rings. The Morgan fingerprint density at radius 3 is 1.94 bits per heavy atom. The van der Waals surface area contributed by atoms with Crippen LogP contribution in [0.5, 0.6) is 11.5 Å². The molecule has 0 N–H and O–H groups in total. The fourth-order valence-electron chi connectivity index (χ4n) is 9.69. The predicted octanol–water partition coefficient (Wildman–Crippen LogP) is 15.4. The van der Waals surface area contributed by atoms with E-state index < -0.39 is 0 Å². The van der Waals surface area contributed by atoms with Gasteiger partial charge < -0.3 is 14.2 Å². The van der Waals surface area contributed by atoms with Crippen LogP contribution in [-0.2, 0) is 12.1 Å². The molecule has 0 radical (unpaired) electrons. The summed E-state index contributed by atoms with van der Waals surface area (Å²) in [6.07, 6.45) is 1.93.